The van der Waals surface area contributed by atoms with Crippen LogP contribution in [0.25, 0.3) is 0 Å². The van der Waals surface area contributed by atoms with E-state index in [0.717, 1.165) is 38.5 Å². The molecule has 0 saturated carbocycles. The second-order valence-electron chi connectivity index (χ2n) is 6.67. The number of nitrogens with zero attached hydrogens (tertiary/aromatic N) is 1. The molecule has 0 aliphatic carbocycles. The van der Waals surface area contributed by atoms with Crippen molar-refractivity contribution >= 4 is 29.2 Å². The average molecular weight is 533 g/mol. The highest BCUT2D eigenvalue weighted by Crippen LogP contribution is 2.41. The Hall–Kier alpha value is -4.13. The Labute approximate surface area is 204 Å². The number of alkyl halides is 3. The SMILES string of the molecule is COC(=O)c1cc(NC(=O)c2c(Oc3ccc(OC(F)(F)F)c(F)c3OC)ccc(Cl)c2F)ccn1. The monoisotopic (exact) mass is 532 g/mol. The van der Waals surface area contributed by atoms with Crippen LogP contribution in [0.2, 0.25) is 5.02 Å². The fourth-order valence-corrected chi connectivity index (χ4v) is 3.02. The molecule has 0 fully saturated rings. The zero-order chi connectivity index (χ0) is 26.6. The smallest absolute Gasteiger partial charge is 0.490 e. The van der Waals surface area contributed by atoms with Gasteiger partial charge < -0.3 is 24.3 Å². The number of nitrogens with one attached hydrogen (secondary N) is 1. The van der Waals surface area contributed by atoms with E-state index in [4.69, 9.17) is 21.1 Å². The number of hydrogen-bond donors (Lipinski definition) is 1. The number of benzene rings is 2. The Morgan fingerprint density at radius 2 is 1.64 bits per heavy atom. The summed E-state index contributed by atoms with van der Waals surface area (Å²) in [4.78, 5) is 28.3. The second kappa shape index (κ2) is 10.6. The van der Waals surface area contributed by atoms with Crippen molar-refractivity contribution in [2.24, 2.45) is 0 Å². The van der Waals surface area contributed by atoms with E-state index in [9.17, 15) is 31.5 Å². The van der Waals surface area contributed by atoms with E-state index < -0.39 is 63.5 Å². The molecule has 0 atom stereocenters. The summed E-state index contributed by atoms with van der Waals surface area (Å²) in [7, 11) is 2.07. The van der Waals surface area contributed by atoms with Gasteiger partial charge >= 0.3 is 12.3 Å². The molecular formula is C22H14ClF5N2O6. The molecule has 0 bridgehead atoms. The first-order chi connectivity index (χ1) is 16.9. The van der Waals surface area contributed by atoms with E-state index in [1.54, 1.807) is 0 Å². The van der Waals surface area contributed by atoms with Crippen LogP contribution in [-0.2, 0) is 4.74 Å². The summed E-state index contributed by atoms with van der Waals surface area (Å²) < 4.78 is 85.3. The van der Waals surface area contributed by atoms with Gasteiger partial charge in [0.1, 0.15) is 17.0 Å². The average Bonchev–Trinajstić information content (AvgIpc) is 2.82. The van der Waals surface area contributed by atoms with Crippen molar-refractivity contribution in [2.75, 3.05) is 19.5 Å². The van der Waals surface area contributed by atoms with E-state index in [1.807, 2.05) is 0 Å². The molecule has 2 aromatic carbocycles. The van der Waals surface area contributed by atoms with E-state index >= 15 is 0 Å². The number of methoxy groups -OCH3 is 2. The van der Waals surface area contributed by atoms with Crippen molar-refractivity contribution in [3.05, 3.63) is 70.5 Å². The Kier molecular flexibility index (Phi) is 7.83. The highest BCUT2D eigenvalue weighted by molar-refractivity contribution is 6.31. The van der Waals surface area contributed by atoms with Crippen LogP contribution in [0, 0.1) is 11.6 Å². The summed E-state index contributed by atoms with van der Waals surface area (Å²) >= 11 is 5.80. The van der Waals surface area contributed by atoms with E-state index in [0.29, 0.717) is 6.07 Å². The van der Waals surface area contributed by atoms with Crippen LogP contribution in [0.15, 0.2) is 42.6 Å². The van der Waals surface area contributed by atoms with Crippen molar-refractivity contribution in [3.8, 4) is 23.0 Å². The van der Waals surface area contributed by atoms with Crippen molar-refractivity contribution < 1.29 is 50.5 Å². The van der Waals surface area contributed by atoms with Gasteiger partial charge in [0.05, 0.1) is 19.2 Å². The number of anilines is 1. The molecule has 0 saturated heterocycles. The fraction of sp³-hybridized carbons (Fsp3) is 0.136. The van der Waals surface area contributed by atoms with Crippen LogP contribution in [0.3, 0.4) is 0 Å². The molecule has 0 radical (unpaired) electrons. The molecule has 14 heteroatoms. The maximum Gasteiger partial charge on any atom is 0.573 e. The number of aromatic nitrogens is 1. The number of carbonyl (C=O) groups excluding carboxylic acids is 2. The minimum atomic E-state index is -5.18. The summed E-state index contributed by atoms with van der Waals surface area (Å²) in [5.74, 6) is -7.66. The van der Waals surface area contributed by atoms with Crippen LogP contribution in [0.1, 0.15) is 20.8 Å². The van der Waals surface area contributed by atoms with Crippen molar-refractivity contribution in [1.82, 2.24) is 4.98 Å². The molecule has 190 valence electrons. The first kappa shape index (κ1) is 26.5. The number of ether oxygens (including phenoxy) is 4. The first-order valence-electron chi connectivity index (χ1n) is 9.59. The van der Waals surface area contributed by atoms with E-state index in [1.165, 1.54) is 12.3 Å². The first-order valence-corrected chi connectivity index (χ1v) is 9.96. The topological polar surface area (TPSA) is 96.0 Å². The molecule has 1 amide bonds. The maximum absolute atomic E-state index is 14.9. The minimum absolute atomic E-state index is 0.0259. The van der Waals surface area contributed by atoms with Crippen LogP contribution in [0.4, 0.5) is 27.6 Å². The molecule has 1 heterocycles. The van der Waals surface area contributed by atoms with Crippen molar-refractivity contribution in [1.29, 1.82) is 0 Å². The third kappa shape index (κ3) is 5.92. The third-order valence-electron chi connectivity index (χ3n) is 4.37. The van der Waals surface area contributed by atoms with Gasteiger partial charge in [-0.1, -0.05) is 11.6 Å². The molecular weight excluding hydrogens is 519 g/mol. The van der Waals surface area contributed by atoms with Crippen molar-refractivity contribution in [3.63, 3.8) is 0 Å². The van der Waals surface area contributed by atoms with Gasteiger partial charge in [0.15, 0.2) is 17.3 Å². The lowest BCUT2D eigenvalue weighted by Crippen LogP contribution is -2.18. The van der Waals surface area contributed by atoms with Gasteiger partial charge in [0.2, 0.25) is 11.6 Å². The normalized spacial score (nSPS) is 11.0. The highest BCUT2D eigenvalue weighted by atomic mass is 35.5. The Bertz CT molecular complexity index is 1320. The van der Waals surface area contributed by atoms with Gasteiger partial charge in [-0.2, -0.15) is 4.39 Å². The lowest BCUT2D eigenvalue weighted by molar-refractivity contribution is -0.275. The second-order valence-corrected chi connectivity index (χ2v) is 7.08. The number of carbonyl (C=O) groups is 2. The molecule has 36 heavy (non-hydrogen) atoms. The number of halogens is 6. The minimum Gasteiger partial charge on any atom is -0.490 e. The van der Waals surface area contributed by atoms with Gasteiger partial charge in [-0.15, -0.1) is 13.2 Å². The number of rotatable bonds is 7. The van der Waals surface area contributed by atoms with Crippen LogP contribution in [0.5, 0.6) is 23.0 Å². The molecule has 0 aliphatic heterocycles. The third-order valence-corrected chi connectivity index (χ3v) is 4.66. The molecule has 8 nitrogen and oxygen atoms in total. The van der Waals surface area contributed by atoms with Crippen molar-refractivity contribution in [2.45, 2.75) is 6.36 Å². The Balaban J connectivity index is 1.98. The van der Waals surface area contributed by atoms with Gasteiger partial charge in [0, 0.05) is 11.9 Å². The molecule has 3 aromatic rings. The standard InChI is InChI=1S/C22H14ClF5N2O6/c1-33-19-15(6-5-14(18(19)25)36-22(26,27)28)35-13-4-3-11(23)17(24)16(13)20(31)30-10-7-8-29-12(9-10)21(32)34-2/h3-9H,1-2H3,(H,29,30,31). The number of pyridine rings is 1. The van der Waals surface area contributed by atoms with Gasteiger partial charge in [-0.25, -0.2) is 14.2 Å². The molecule has 0 aliphatic rings. The zero-order valence-electron chi connectivity index (χ0n) is 18.2. The van der Waals surface area contributed by atoms with Gasteiger partial charge in [0.25, 0.3) is 5.91 Å². The lowest BCUT2D eigenvalue weighted by Gasteiger charge is -2.17. The van der Waals surface area contributed by atoms with E-state index in [-0.39, 0.29) is 11.4 Å². The number of hydrogen-bond acceptors (Lipinski definition) is 7. The van der Waals surface area contributed by atoms with Gasteiger partial charge in [-0.3, -0.25) is 4.79 Å². The lowest BCUT2D eigenvalue weighted by atomic mass is 10.1. The maximum atomic E-state index is 14.9. The molecule has 1 N–H and O–H groups in total. The summed E-state index contributed by atoms with van der Waals surface area (Å²) in [5.41, 5.74) is -0.866. The molecule has 0 spiro atoms. The zero-order valence-corrected chi connectivity index (χ0v) is 19.0. The fourth-order valence-electron chi connectivity index (χ4n) is 2.86. The number of esters is 1. The summed E-state index contributed by atoms with van der Waals surface area (Å²) in [6, 6.07) is 6.04. The molecule has 3 rings (SSSR count). The molecule has 1 aromatic heterocycles. The Morgan fingerprint density at radius 3 is 2.28 bits per heavy atom. The van der Waals surface area contributed by atoms with Crippen LogP contribution >= 0.6 is 11.6 Å². The quantitative estimate of drug-likeness (QED) is 0.306. The summed E-state index contributed by atoms with van der Waals surface area (Å²) in [5, 5.41) is 1.86. The Morgan fingerprint density at radius 1 is 0.972 bits per heavy atom. The number of amides is 1. The largest absolute Gasteiger partial charge is 0.573 e. The summed E-state index contributed by atoms with van der Waals surface area (Å²) in [6.45, 7) is 0. The van der Waals surface area contributed by atoms with E-state index in [2.05, 4.69) is 19.8 Å². The van der Waals surface area contributed by atoms with Crippen LogP contribution < -0.4 is 19.5 Å². The van der Waals surface area contributed by atoms with Crippen LogP contribution in [-0.4, -0.2) is 37.4 Å². The predicted molar refractivity (Wildman–Crippen MR) is 115 cm³/mol. The predicted octanol–water partition coefficient (Wildman–Crippen LogP) is 5.75. The highest BCUT2D eigenvalue weighted by Gasteiger charge is 2.34. The van der Waals surface area contributed by atoms with Gasteiger partial charge in [-0.05, 0) is 36.4 Å². The summed E-state index contributed by atoms with van der Waals surface area (Å²) in [6.07, 6.45) is -3.99. The molecule has 0 unspecified atom stereocenters.